The number of thioether (sulfide) groups is 1. The molecule has 25 heavy (non-hydrogen) atoms. The van der Waals surface area contributed by atoms with Crippen molar-refractivity contribution >= 4 is 17.7 Å². The Morgan fingerprint density at radius 2 is 2.16 bits per heavy atom. The van der Waals surface area contributed by atoms with Gasteiger partial charge in [0.2, 0.25) is 0 Å². The molecule has 1 aromatic carbocycles. The van der Waals surface area contributed by atoms with Crippen LogP contribution < -0.4 is 5.32 Å². The minimum absolute atomic E-state index is 0.152. The monoisotopic (exact) mass is 354 g/mol. The Labute approximate surface area is 149 Å². The number of carbonyl (C=O) groups is 1. The van der Waals surface area contributed by atoms with Gasteiger partial charge in [-0.15, -0.1) is 0 Å². The summed E-state index contributed by atoms with van der Waals surface area (Å²) in [4.78, 5) is 16.5. The maximum absolute atomic E-state index is 12.4. The number of aromatic amines is 1. The second-order valence-corrected chi connectivity index (χ2v) is 6.99. The molecule has 0 spiro atoms. The van der Waals surface area contributed by atoms with Crippen LogP contribution in [0.1, 0.15) is 33.9 Å². The molecule has 0 unspecified atom stereocenters. The van der Waals surface area contributed by atoms with E-state index in [0.717, 1.165) is 30.2 Å². The SMILES string of the molecule is O=C(N[C@@H]1CCc2ccccc2C1)c1ccc(CSc2ncn[nH]2)o1. The molecule has 1 atom stereocenters. The maximum atomic E-state index is 12.4. The molecule has 3 aromatic rings. The molecule has 0 bridgehead atoms. The summed E-state index contributed by atoms with van der Waals surface area (Å²) >= 11 is 1.48. The average Bonchev–Trinajstić information content (AvgIpc) is 3.31. The fourth-order valence-electron chi connectivity index (χ4n) is 3.06. The summed E-state index contributed by atoms with van der Waals surface area (Å²) in [5.41, 5.74) is 2.71. The molecule has 2 N–H and O–H groups in total. The van der Waals surface area contributed by atoms with Crippen LogP contribution in [-0.2, 0) is 18.6 Å². The lowest BCUT2D eigenvalue weighted by Crippen LogP contribution is -2.38. The molecular weight excluding hydrogens is 336 g/mol. The number of amides is 1. The summed E-state index contributed by atoms with van der Waals surface area (Å²) in [6.07, 6.45) is 4.29. The van der Waals surface area contributed by atoms with Crippen LogP contribution in [0.4, 0.5) is 0 Å². The zero-order valence-corrected chi connectivity index (χ0v) is 14.4. The molecule has 2 aromatic heterocycles. The molecule has 4 rings (SSSR count). The van der Waals surface area contributed by atoms with Gasteiger partial charge >= 0.3 is 0 Å². The van der Waals surface area contributed by atoms with E-state index < -0.39 is 0 Å². The van der Waals surface area contributed by atoms with Gasteiger partial charge in [0, 0.05) is 6.04 Å². The zero-order valence-electron chi connectivity index (χ0n) is 13.6. The Balaban J connectivity index is 1.34. The van der Waals surface area contributed by atoms with Gasteiger partial charge in [0.1, 0.15) is 12.1 Å². The number of hydrogen-bond acceptors (Lipinski definition) is 5. The number of H-pyrrole nitrogens is 1. The van der Waals surface area contributed by atoms with Crippen molar-refractivity contribution in [3.8, 4) is 0 Å². The van der Waals surface area contributed by atoms with Crippen molar-refractivity contribution in [3.63, 3.8) is 0 Å². The minimum Gasteiger partial charge on any atom is -0.455 e. The van der Waals surface area contributed by atoms with Crippen molar-refractivity contribution in [2.75, 3.05) is 0 Å². The van der Waals surface area contributed by atoms with Crippen LogP contribution in [0.25, 0.3) is 0 Å². The van der Waals surface area contributed by atoms with Gasteiger partial charge in [-0.2, -0.15) is 5.10 Å². The second kappa shape index (κ2) is 7.14. The third kappa shape index (κ3) is 3.76. The van der Waals surface area contributed by atoms with Gasteiger partial charge < -0.3 is 9.73 Å². The van der Waals surface area contributed by atoms with E-state index in [4.69, 9.17) is 4.42 Å². The number of hydrogen-bond donors (Lipinski definition) is 2. The Kier molecular flexibility index (Phi) is 4.56. The van der Waals surface area contributed by atoms with E-state index in [0.29, 0.717) is 11.5 Å². The van der Waals surface area contributed by atoms with E-state index in [1.807, 2.05) is 12.1 Å². The van der Waals surface area contributed by atoms with E-state index in [1.165, 1.54) is 29.2 Å². The Hall–Kier alpha value is -2.54. The Morgan fingerprint density at radius 1 is 1.28 bits per heavy atom. The molecule has 1 aliphatic rings. The highest BCUT2D eigenvalue weighted by molar-refractivity contribution is 7.98. The summed E-state index contributed by atoms with van der Waals surface area (Å²) in [6.45, 7) is 0. The maximum Gasteiger partial charge on any atom is 0.287 e. The smallest absolute Gasteiger partial charge is 0.287 e. The lowest BCUT2D eigenvalue weighted by atomic mass is 9.88. The fraction of sp³-hybridized carbons (Fsp3) is 0.278. The summed E-state index contributed by atoms with van der Waals surface area (Å²) in [7, 11) is 0. The second-order valence-electron chi connectivity index (χ2n) is 6.03. The van der Waals surface area contributed by atoms with Crippen molar-refractivity contribution in [2.45, 2.75) is 36.2 Å². The lowest BCUT2D eigenvalue weighted by Gasteiger charge is -2.25. The first kappa shape index (κ1) is 16.0. The van der Waals surface area contributed by atoms with Crippen LogP contribution in [0.2, 0.25) is 0 Å². The van der Waals surface area contributed by atoms with Crippen LogP contribution in [0.3, 0.4) is 0 Å². The number of furan rings is 1. The third-order valence-electron chi connectivity index (χ3n) is 4.31. The van der Waals surface area contributed by atoms with Crippen LogP contribution in [-0.4, -0.2) is 27.1 Å². The predicted molar refractivity (Wildman–Crippen MR) is 94.4 cm³/mol. The van der Waals surface area contributed by atoms with Gasteiger partial charge in [-0.25, -0.2) is 4.98 Å². The fourth-order valence-corrected chi connectivity index (χ4v) is 3.73. The average molecular weight is 354 g/mol. The number of aromatic nitrogens is 3. The molecule has 0 fully saturated rings. The molecule has 0 aliphatic heterocycles. The van der Waals surface area contributed by atoms with Crippen molar-refractivity contribution in [1.82, 2.24) is 20.5 Å². The third-order valence-corrected chi connectivity index (χ3v) is 5.21. The van der Waals surface area contributed by atoms with Crippen LogP contribution >= 0.6 is 11.8 Å². The standard InChI is InChI=1S/C18H18N4O2S/c23-17(21-14-6-5-12-3-1-2-4-13(12)9-14)16-8-7-15(24-16)10-25-18-19-11-20-22-18/h1-4,7-8,11,14H,5-6,9-10H2,(H,21,23)(H,19,20,22)/t14-/m1/s1. The van der Waals surface area contributed by atoms with Crippen molar-refractivity contribution < 1.29 is 9.21 Å². The number of benzene rings is 1. The quantitative estimate of drug-likeness (QED) is 0.688. The topological polar surface area (TPSA) is 83.8 Å². The molecule has 128 valence electrons. The van der Waals surface area contributed by atoms with E-state index in [1.54, 1.807) is 6.07 Å². The number of nitrogens with zero attached hydrogens (tertiary/aromatic N) is 2. The molecule has 1 amide bonds. The van der Waals surface area contributed by atoms with E-state index in [-0.39, 0.29) is 11.9 Å². The van der Waals surface area contributed by atoms with Gasteiger partial charge in [-0.3, -0.25) is 9.89 Å². The van der Waals surface area contributed by atoms with Crippen LogP contribution in [0.15, 0.2) is 52.3 Å². The van der Waals surface area contributed by atoms with E-state index in [2.05, 4.69) is 38.7 Å². The van der Waals surface area contributed by atoms with Gasteiger partial charge in [0.05, 0.1) is 5.75 Å². The number of fused-ring (bicyclic) bond motifs is 1. The van der Waals surface area contributed by atoms with Gasteiger partial charge in [0.15, 0.2) is 10.9 Å². The van der Waals surface area contributed by atoms with Gasteiger partial charge in [-0.05, 0) is 42.5 Å². The Bertz CT molecular complexity index is 860. The van der Waals surface area contributed by atoms with Crippen molar-refractivity contribution in [2.24, 2.45) is 0 Å². The summed E-state index contributed by atoms with van der Waals surface area (Å²) in [5.74, 6) is 1.53. The molecule has 2 heterocycles. The normalized spacial score (nSPS) is 16.4. The highest BCUT2D eigenvalue weighted by Gasteiger charge is 2.21. The number of carbonyl (C=O) groups excluding carboxylic acids is 1. The molecular formula is C18H18N4O2S. The minimum atomic E-state index is -0.153. The number of aryl methyl sites for hydroxylation is 1. The number of nitrogens with one attached hydrogen (secondary N) is 2. The van der Waals surface area contributed by atoms with Crippen molar-refractivity contribution in [1.29, 1.82) is 0 Å². The summed E-state index contributed by atoms with van der Waals surface area (Å²) in [6, 6.07) is 12.1. The highest BCUT2D eigenvalue weighted by atomic mass is 32.2. The predicted octanol–water partition coefficient (Wildman–Crippen LogP) is 2.98. The van der Waals surface area contributed by atoms with Crippen LogP contribution in [0.5, 0.6) is 0 Å². The summed E-state index contributed by atoms with van der Waals surface area (Å²) in [5, 5.41) is 10.4. The van der Waals surface area contributed by atoms with E-state index >= 15 is 0 Å². The molecule has 6 nitrogen and oxygen atoms in total. The zero-order chi connectivity index (χ0) is 17.1. The highest BCUT2D eigenvalue weighted by Crippen LogP contribution is 2.22. The molecule has 0 radical (unpaired) electrons. The molecule has 0 saturated carbocycles. The Morgan fingerprint density at radius 3 is 3.00 bits per heavy atom. The molecule has 1 aliphatic carbocycles. The lowest BCUT2D eigenvalue weighted by molar-refractivity contribution is 0.0904. The number of rotatable bonds is 5. The van der Waals surface area contributed by atoms with Crippen LogP contribution in [0, 0.1) is 0 Å². The molecule has 0 saturated heterocycles. The first-order chi connectivity index (χ1) is 12.3. The first-order valence-electron chi connectivity index (χ1n) is 8.22. The summed E-state index contributed by atoms with van der Waals surface area (Å²) < 4.78 is 5.66. The van der Waals surface area contributed by atoms with E-state index in [9.17, 15) is 4.79 Å². The van der Waals surface area contributed by atoms with Crippen molar-refractivity contribution in [3.05, 3.63) is 65.4 Å². The largest absolute Gasteiger partial charge is 0.455 e. The van der Waals surface area contributed by atoms with Gasteiger partial charge in [0.25, 0.3) is 5.91 Å². The molecule has 7 heteroatoms. The first-order valence-corrected chi connectivity index (χ1v) is 9.21. The van der Waals surface area contributed by atoms with Gasteiger partial charge in [-0.1, -0.05) is 36.0 Å².